The number of aromatic carboxylic acids is 1. The summed E-state index contributed by atoms with van der Waals surface area (Å²) < 4.78 is 0.653. The van der Waals surface area contributed by atoms with E-state index in [1.807, 2.05) is 0 Å². The van der Waals surface area contributed by atoms with Crippen molar-refractivity contribution < 1.29 is 14.7 Å². The maximum atomic E-state index is 11.8. The number of anilines is 1. The monoisotopic (exact) mass is 299 g/mol. The zero-order valence-corrected chi connectivity index (χ0v) is 11.5. The average Bonchev–Trinajstić information content (AvgIpc) is 2.19. The number of carboxylic acids is 1. The van der Waals surface area contributed by atoms with Crippen molar-refractivity contribution in [1.82, 2.24) is 0 Å². The van der Waals surface area contributed by atoms with E-state index in [4.69, 9.17) is 5.11 Å². The molecule has 0 saturated carbocycles. The van der Waals surface area contributed by atoms with Gasteiger partial charge in [0, 0.05) is 9.89 Å². The summed E-state index contributed by atoms with van der Waals surface area (Å²) in [6.07, 6.45) is 0. The molecule has 17 heavy (non-hydrogen) atoms. The lowest BCUT2D eigenvalue weighted by Crippen LogP contribution is -2.27. The van der Waals surface area contributed by atoms with Crippen LogP contribution in [-0.2, 0) is 4.79 Å². The smallest absolute Gasteiger partial charge is 0.335 e. The van der Waals surface area contributed by atoms with Gasteiger partial charge >= 0.3 is 5.97 Å². The zero-order valence-electron chi connectivity index (χ0n) is 9.87. The van der Waals surface area contributed by atoms with Gasteiger partial charge < -0.3 is 10.4 Å². The van der Waals surface area contributed by atoms with Crippen LogP contribution in [0.5, 0.6) is 0 Å². The molecular formula is C12H14BrNO3. The number of amides is 1. The Hall–Kier alpha value is -1.36. The van der Waals surface area contributed by atoms with E-state index >= 15 is 0 Å². The first-order valence-electron chi connectivity index (χ1n) is 5.06. The van der Waals surface area contributed by atoms with E-state index in [1.54, 1.807) is 26.8 Å². The molecule has 1 aromatic carbocycles. The summed E-state index contributed by atoms with van der Waals surface area (Å²) in [7, 11) is 0. The van der Waals surface area contributed by atoms with Crippen molar-refractivity contribution in [3.63, 3.8) is 0 Å². The minimum atomic E-state index is -1.02. The fraction of sp³-hybridized carbons (Fsp3) is 0.333. The van der Waals surface area contributed by atoms with Gasteiger partial charge in [0.05, 0.1) is 11.3 Å². The van der Waals surface area contributed by atoms with Gasteiger partial charge in [-0.05, 0) is 34.1 Å². The van der Waals surface area contributed by atoms with Gasteiger partial charge in [-0.1, -0.05) is 20.8 Å². The summed E-state index contributed by atoms with van der Waals surface area (Å²) in [5.74, 6) is -1.19. The molecule has 0 spiro atoms. The van der Waals surface area contributed by atoms with Crippen molar-refractivity contribution in [3.05, 3.63) is 28.2 Å². The number of carboxylic acid groups (broad SMARTS) is 1. The van der Waals surface area contributed by atoms with E-state index in [1.165, 1.54) is 12.1 Å². The molecule has 4 nitrogen and oxygen atoms in total. The summed E-state index contributed by atoms with van der Waals surface area (Å²) >= 11 is 3.27. The zero-order chi connectivity index (χ0) is 13.2. The minimum Gasteiger partial charge on any atom is -0.478 e. The maximum Gasteiger partial charge on any atom is 0.335 e. The average molecular weight is 300 g/mol. The molecule has 1 rings (SSSR count). The molecule has 0 unspecified atom stereocenters. The van der Waals surface area contributed by atoms with Gasteiger partial charge in [0.1, 0.15) is 0 Å². The summed E-state index contributed by atoms with van der Waals surface area (Å²) in [6, 6.07) is 4.50. The molecule has 0 aliphatic rings. The molecule has 0 bridgehead atoms. The number of carbonyl (C=O) groups excluding carboxylic acids is 1. The summed E-state index contributed by atoms with van der Waals surface area (Å²) in [4.78, 5) is 22.6. The number of benzene rings is 1. The molecule has 0 saturated heterocycles. The van der Waals surface area contributed by atoms with Crippen molar-refractivity contribution in [2.24, 2.45) is 5.41 Å². The van der Waals surface area contributed by atoms with E-state index in [0.29, 0.717) is 10.2 Å². The molecule has 0 aromatic heterocycles. The first-order valence-corrected chi connectivity index (χ1v) is 5.85. The van der Waals surface area contributed by atoms with Crippen LogP contribution in [0.4, 0.5) is 5.69 Å². The largest absolute Gasteiger partial charge is 0.478 e. The number of hydrogen-bond donors (Lipinski definition) is 2. The second-order valence-electron chi connectivity index (χ2n) is 4.70. The summed E-state index contributed by atoms with van der Waals surface area (Å²) in [6.45, 7) is 5.37. The van der Waals surface area contributed by atoms with Gasteiger partial charge in [-0.15, -0.1) is 0 Å². The number of halogens is 1. The highest BCUT2D eigenvalue weighted by molar-refractivity contribution is 9.10. The third-order valence-electron chi connectivity index (χ3n) is 2.14. The molecule has 0 heterocycles. The highest BCUT2D eigenvalue weighted by Gasteiger charge is 2.22. The molecule has 0 fully saturated rings. The topological polar surface area (TPSA) is 66.4 Å². The van der Waals surface area contributed by atoms with Crippen LogP contribution < -0.4 is 5.32 Å². The number of rotatable bonds is 2. The second-order valence-corrected chi connectivity index (χ2v) is 5.56. The fourth-order valence-corrected chi connectivity index (χ4v) is 1.41. The Morgan fingerprint density at radius 2 is 1.88 bits per heavy atom. The fourth-order valence-electron chi connectivity index (χ4n) is 1.06. The first-order chi connectivity index (χ1) is 7.71. The van der Waals surface area contributed by atoms with Gasteiger partial charge in [0.25, 0.3) is 0 Å². The van der Waals surface area contributed by atoms with Crippen molar-refractivity contribution in [1.29, 1.82) is 0 Å². The Bertz CT molecular complexity index is 463. The molecular weight excluding hydrogens is 286 g/mol. The Balaban J connectivity index is 3.02. The molecule has 5 heteroatoms. The van der Waals surface area contributed by atoms with E-state index in [9.17, 15) is 9.59 Å². The van der Waals surface area contributed by atoms with Gasteiger partial charge in [-0.25, -0.2) is 4.79 Å². The van der Waals surface area contributed by atoms with Crippen LogP contribution >= 0.6 is 15.9 Å². The third kappa shape index (κ3) is 3.56. The second kappa shape index (κ2) is 4.87. The molecule has 0 aliphatic carbocycles. The SMILES string of the molecule is CC(C)(C)C(=O)Nc1cc(C(=O)O)ccc1Br. The summed E-state index contributed by atoms with van der Waals surface area (Å²) in [5.41, 5.74) is 0.0702. The standard InChI is InChI=1S/C12H14BrNO3/c1-12(2,3)11(17)14-9-6-7(10(15)16)4-5-8(9)13/h4-6H,1-3H3,(H,14,17)(H,15,16). The maximum absolute atomic E-state index is 11.8. The lowest BCUT2D eigenvalue weighted by molar-refractivity contribution is -0.123. The molecule has 1 aromatic rings. The van der Waals surface area contributed by atoms with Crippen LogP contribution in [0.3, 0.4) is 0 Å². The van der Waals surface area contributed by atoms with E-state index in [0.717, 1.165) is 0 Å². The molecule has 2 N–H and O–H groups in total. The highest BCUT2D eigenvalue weighted by atomic mass is 79.9. The minimum absolute atomic E-state index is 0.136. The Morgan fingerprint density at radius 1 is 1.29 bits per heavy atom. The number of hydrogen-bond acceptors (Lipinski definition) is 2. The normalized spacial score (nSPS) is 11.1. The predicted octanol–water partition coefficient (Wildman–Crippen LogP) is 3.13. The molecule has 92 valence electrons. The third-order valence-corrected chi connectivity index (χ3v) is 2.83. The number of carbonyl (C=O) groups is 2. The van der Waals surface area contributed by atoms with Crippen molar-refractivity contribution in [2.75, 3.05) is 5.32 Å². The quantitative estimate of drug-likeness (QED) is 0.881. The van der Waals surface area contributed by atoms with Gasteiger partial charge in [0.2, 0.25) is 5.91 Å². The van der Waals surface area contributed by atoms with Crippen LogP contribution in [0.1, 0.15) is 31.1 Å². The van der Waals surface area contributed by atoms with Crippen LogP contribution in [-0.4, -0.2) is 17.0 Å². The lowest BCUT2D eigenvalue weighted by atomic mass is 9.95. The van der Waals surface area contributed by atoms with E-state index in [2.05, 4.69) is 21.2 Å². The molecule has 0 aliphatic heterocycles. The van der Waals surface area contributed by atoms with Crippen LogP contribution in [0.2, 0.25) is 0 Å². The Labute approximate surface area is 108 Å². The van der Waals surface area contributed by atoms with Gasteiger partial charge in [-0.3, -0.25) is 4.79 Å². The van der Waals surface area contributed by atoms with E-state index in [-0.39, 0.29) is 11.5 Å². The van der Waals surface area contributed by atoms with Crippen molar-refractivity contribution in [3.8, 4) is 0 Å². The van der Waals surface area contributed by atoms with Crippen LogP contribution in [0.15, 0.2) is 22.7 Å². The molecule has 0 radical (unpaired) electrons. The van der Waals surface area contributed by atoms with Crippen LogP contribution in [0.25, 0.3) is 0 Å². The lowest BCUT2D eigenvalue weighted by Gasteiger charge is -2.18. The van der Waals surface area contributed by atoms with Gasteiger partial charge in [-0.2, -0.15) is 0 Å². The van der Waals surface area contributed by atoms with E-state index < -0.39 is 11.4 Å². The predicted molar refractivity (Wildman–Crippen MR) is 69.2 cm³/mol. The van der Waals surface area contributed by atoms with Crippen molar-refractivity contribution in [2.45, 2.75) is 20.8 Å². The van der Waals surface area contributed by atoms with Gasteiger partial charge in [0.15, 0.2) is 0 Å². The Morgan fingerprint density at radius 3 is 2.35 bits per heavy atom. The highest BCUT2D eigenvalue weighted by Crippen LogP contribution is 2.26. The molecule has 1 amide bonds. The van der Waals surface area contributed by atoms with Crippen molar-refractivity contribution >= 4 is 33.5 Å². The Kier molecular flexibility index (Phi) is 3.93. The van der Waals surface area contributed by atoms with Crippen LogP contribution in [0, 0.1) is 5.41 Å². The first kappa shape index (κ1) is 13.7. The molecule has 0 atom stereocenters. The summed E-state index contributed by atoms with van der Waals surface area (Å²) in [5, 5.41) is 11.6. The number of nitrogens with one attached hydrogen (secondary N) is 1.